The average Bonchev–Trinajstić information content (AvgIpc) is 3.48. The Balaban J connectivity index is 1.75. The van der Waals surface area contributed by atoms with Gasteiger partial charge in [0, 0.05) is 26.0 Å². The molecule has 3 aromatic rings. The van der Waals surface area contributed by atoms with Gasteiger partial charge in [0.1, 0.15) is 5.75 Å². The molecule has 1 unspecified atom stereocenters. The number of aromatic nitrogens is 2. The first-order valence-corrected chi connectivity index (χ1v) is 10.8. The Labute approximate surface area is 184 Å². The molecule has 3 heterocycles. The fourth-order valence-corrected chi connectivity index (χ4v) is 4.23. The smallest absolute Gasteiger partial charge is 0.322 e. The van der Waals surface area contributed by atoms with E-state index in [-0.39, 0.29) is 6.03 Å². The zero-order valence-corrected chi connectivity index (χ0v) is 18.4. The zero-order chi connectivity index (χ0) is 21.8. The fourth-order valence-electron chi connectivity index (χ4n) is 3.58. The van der Waals surface area contributed by atoms with Crippen molar-refractivity contribution in [2.45, 2.75) is 19.4 Å². The fraction of sp³-hybridized carbons (Fsp3) is 0.318. The van der Waals surface area contributed by atoms with Gasteiger partial charge in [0.15, 0.2) is 0 Å². The molecule has 162 valence electrons. The van der Waals surface area contributed by atoms with Crippen LogP contribution >= 0.6 is 11.3 Å². The highest BCUT2D eigenvalue weighted by molar-refractivity contribution is 7.13. The number of urea groups is 1. The van der Waals surface area contributed by atoms with Crippen LogP contribution in [0.2, 0.25) is 0 Å². The second kappa shape index (κ2) is 9.32. The first kappa shape index (κ1) is 21.1. The molecule has 0 saturated heterocycles. The van der Waals surface area contributed by atoms with Crippen molar-refractivity contribution in [2.24, 2.45) is 0 Å². The lowest BCUT2D eigenvalue weighted by atomic mass is 9.94. The van der Waals surface area contributed by atoms with Crippen molar-refractivity contribution in [1.82, 2.24) is 20.4 Å². The number of ether oxygens (including phenoxy) is 2. The molecule has 0 saturated carbocycles. The molecule has 0 aliphatic carbocycles. The summed E-state index contributed by atoms with van der Waals surface area (Å²) in [6.45, 7) is 3.00. The van der Waals surface area contributed by atoms with E-state index >= 15 is 0 Å². The van der Waals surface area contributed by atoms with Crippen molar-refractivity contribution in [3.8, 4) is 16.5 Å². The lowest BCUT2D eigenvalue weighted by molar-refractivity contribution is 0.174. The maximum atomic E-state index is 12.9. The Kier molecular flexibility index (Phi) is 6.34. The highest BCUT2D eigenvalue weighted by Gasteiger charge is 2.35. The normalized spacial score (nSPS) is 16.5. The van der Waals surface area contributed by atoms with Gasteiger partial charge in [0.2, 0.25) is 5.82 Å². The van der Waals surface area contributed by atoms with Gasteiger partial charge in [0.25, 0.3) is 5.89 Å². The minimum atomic E-state index is -0.422. The van der Waals surface area contributed by atoms with Gasteiger partial charge in [-0.1, -0.05) is 23.4 Å². The maximum Gasteiger partial charge on any atom is 0.322 e. The predicted molar refractivity (Wildman–Crippen MR) is 118 cm³/mol. The monoisotopic (exact) mass is 440 g/mol. The standard InChI is InChI=1S/C22H24N4O4S/c1-14-18(21-24-20(25-30-21)17-6-4-13-31-17)19(15-7-9-16(29-3)10-8-15)23-22(27)26(14)11-5-12-28-2/h4,6-10,13,19H,5,11-12H2,1-3H3,(H,23,27). The van der Waals surface area contributed by atoms with Gasteiger partial charge in [-0.25, -0.2) is 4.79 Å². The van der Waals surface area contributed by atoms with Crippen LogP contribution in [0.5, 0.6) is 5.75 Å². The van der Waals surface area contributed by atoms with Crippen LogP contribution < -0.4 is 10.1 Å². The molecule has 0 fully saturated rings. The van der Waals surface area contributed by atoms with E-state index in [0.29, 0.717) is 31.3 Å². The number of hydrogen-bond donors (Lipinski definition) is 1. The SMILES string of the molecule is COCCCN1C(=O)NC(c2ccc(OC)cc2)C(c2nc(-c3cccs3)no2)=C1C. The summed E-state index contributed by atoms with van der Waals surface area (Å²) >= 11 is 1.54. The lowest BCUT2D eigenvalue weighted by Gasteiger charge is -2.35. The summed E-state index contributed by atoms with van der Waals surface area (Å²) in [5, 5.41) is 9.22. The van der Waals surface area contributed by atoms with E-state index in [1.54, 1.807) is 30.5 Å². The average molecular weight is 441 g/mol. The summed E-state index contributed by atoms with van der Waals surface area (Å²) in [6.07, 6.45) is 0.714. The maximum absolute atomic E-state index is 12.9. The molecular formula is C22H24N4O4S. The summed E-state index contributed by atoms with van der Waals surface area (Å²) < 4.78 is 16.1. The summed E-state index contributed by atoms with van der Waals surface area (Å²) in [5.41, 5.74) is 2.45. The molecule has 1 aliphatic rings. The van der Waals surface area contributed by atoms with E-state index < -0.39 is 6.04 Å². The van der Waals surface area contributed by atoms with E-state index in [0.717, 1.165) is 27.5 Å². The van der Waals surface area contributed by atoms with Crippen molar-refractivity contribution < 1.29 is 18.8 Å². The Morgan fingerprint density at radius 2 is 2.03 bits per heavy atom. The highest BCUT2D eigenvalue weighted by atomic mass is 32.1. The third-order valence-corrected chi connectivity index (χ3v) is 6.04. The van der Waals surface area contributed by atoms with Crippen LogP contribution in [0.3, 0.4) is 0 Å². The summed E-state index contributed by atoms with van der Waals surface area (Å²) in [7, 11) is 3.27. The number of carbonyl (C=O) groups excluding carboxylic acids is 1. The topological polar surface area (TPSA) is 89.7 Å². The van der Waals surface area contributed by atoms with Crippen LogP contribution in [0, 0.1) is 0 Å². The number of hydrogen-bond acceptors (Lipinski definition) is 7. The third-order valence-electron chi connectivity index (χ3n) is 5.17. The van der Waals surface area contributed by atoms with Crippen LogP contribution in [-0.2, 0) is 4.74 Å². The van der Waals surface area contributed by atoms with Crippen LogP contribution in [-0.4, -0.2) is 48.4 Å². The third kappa shape index (κ3) is 4.33. The first-order valence-electron chi connectivity index (χ1n) is 9.92. The molecule has 0 bridgehead atoms. The molecule has 2 aromatic heterocycles. The second-order valence-electron chi connectivity index (χ2n) is 7.05. The number of amides is 2. The van der Waals surface area contributed by atoms with Gasteiger partial charge in [0.05, 0.1) is 23.6 Å². The number of carbonyl (C=O) groups is 1. The number of allylic oxidation sites excluding steroid dienone is 1. The molecule has 1 aromatic carbocycles. The molecule has 1 aliphatic heterocycles. The van der Waals surface area contributed by atoms with Gasteiger partial charge in [-0.15, -0.1) is 11.3 Å². The molecule has 0 spiro atoms. The molecule has 2 amide bonds. The largest absolute Gasteiger partial charge is 0.497 e. The second-order valence-corrected chi connectivity index (χ2v) is 8.00. The number of methoxy groups -OCH3 is 2. The molecule has 1 atom stereocenters. The van der Waals surface area contributed by atoms with E-state index in [1.165, 1.54) is 0 Å². The van der Waals surface area contributed by atoms with Crippen molar-refractivity contribution in [2.75, 3.05) is 27.4 Å². The molecule has 4 rings (SSSR count). The summed E-state index contributed by atoms with van der Waals surface area (Å²) in [6, 6.07) is 10.9. The van der Waals surface area contributed by atoms with Gasteiger partial charge in [-0.05, 0) is 42.5 Å². The van der Waals surface area contributed by atoms with E-state index in [9.17, 15) is 4.79 Å². The minimum Gasteiger partial charge on any atom is -0.497 e. The van der Waals surface area contributed by atoms with Gasteiger partial charge in [-0.3, -0.25) is 4.90 Å². The van der Waals surface area contributed by atoms with Crippen molar-refractivity contribution in [3.63, 3.8) is 0 Å². The number of benzene rings is 1. The summed E-state index contributed by atoms with van der Waals surface area (Å²) in [4.78, 5) is 20.2. The lowest BCUT2D eigenvalue weighted by Crippen LogP contribution is -2.46. The molecule has 31 heavy (non-hydrogen) atoms. The van der Waals surface area contributed by atoms with Gasteiger partial charge < -0.3 is 19.3 Å². The molecule has 9 heteroatoms. The minimum absolute atomic E-state index is 0.170. The van der Waals surface area contributed by atoms with Crippen molar-refractivity contribution in [3.05, 3.63) is 58.9 Å². The van der Waals surface area contributed by atoms with Gasteiger partial charge >= 0.3 is 6.03 Å². The molecule has 0 radical (unpaired) electrons. The number of nitrogens with zero attached hydrogens (tertiary/aromatic N) is 3. The quantitative estimate of drug-likeness (QED) is 0.524. The predicted octanol–water partition coefficient (Wildman–Crippen LogP) is 4.34. The van der Waals surface area contributed by atoms with E-state index in [4.69, 9.17) is 14.0 Å². The van der Waals surface area contributed by atoms with Gasteiger partial charge in [-0.2, -0.15) is 4.98 Å². The number of thiophene rings is 1. The van der Waals surface area contributed by atoms with Crippen molar-refractivity contribution >= 4 is 22.9 Å². The van der Waals surface area contributed by atoms with Crippen LogP contribution in [0.15, 0.2) is 52.0 Å². The van der Waals surface area contributed by atoms with E-state index in [1.807, 2.05) is 48.7 Å². The summed E-state index contributed by atoms with van der Waals surface area (Å²) in [5.74, 6) is 1.66. The Morgan fingerprint density at radius 3 is 2.71 bits per heavy atom. The number of nitrogens with one attached hydrogen (secondary N) is 1. The Bertz CT molecular complexity index is 1060. The van der Waals surface area contributed by atoms with E-state index in [2.05, 4.69) is 15.5 Å². The highest BCUT2D eigenvalue weighted by Crippen LogP contribution is 2.38. The van der Waals surface area contributed by atoms with Crippen LogP contribution in [0.25, 0.3) is 16.3 Å². The Hall–Kier alpha value is -3.17. The van der Waals surface area contributed by atoms with Crippen molar-refractivity contribution in [1.29, 1.82) is 0 Å². The van der Waals surface area contributed by atoms with Crippen LogP contribution in [0.4, 0.5) is 4.79 Å². The first-order chi connectivity index (χ1) is 15.1. The molecule has 1 N–H and O–H groups in total. The molecular weight excluding hydrogens is 416 g/mol. The molecule has 8 nitrogen and oxygen atoms in total. The zero-order valence-electron chi connectivity index (χ0n) is 17.6. The van der Waals surface area contributed by atoms with Crippen LogP contribution in [0.1, 0.15) is 30.8 Å². The number of rotatable bonds is 8. The Morgan fingerprint density at radius 1 is 1.23 bits per heavy atom.